The molecule has 0 N–H and O–H groups in total. The number of esters is 1. The molecule has 0 spiro atoms. The summed E-state index contributed by atoms with van der Waals surface area (Å²) in [5, 5.41) is 0. The van der Waals surface area contributed by atoms with Crippen LogP contribution in [0.15, 0.2) is 12.2 Å². The molecule has 3 heteroatoms. The third-order valence-corrected chi connectivity index (χ3v) is 2.06. The predicted octanol–water partition coefficient (Wildman–Crippen LogP) is 2.70. The molecule has 0 amide bonds. The van der Waals surface area contributed by atoms with E-state index in [1.54, 1.807) is 0 Å². The monoisotopic (exact) mass is 214 g/mol. The molecule has 0 rings (SSSR count). The van der Waals surface area contributed by atoms with Crippen molar-refractivity contribution in [2.24, 2.45) is 0 Å². The zero-order valence-corrected chi connectivity index (χ0v) is 10.0. The standard InChI is InChI=1S/C12H22O3/c1-5-6-7-8-11(12(13)14-4)15-9-10(2)3/h11H,2,5-9H2,1,3-4H3. The molecule has 0 saturated heterocycles. The number of methoxy groups -OCH3 is 1. The third-order valence-electron chi connectivity index (χ3n) is 2.06. The van der Waals surface area contributed by atoms with Crippen molar-refractivity contribution in [2.75, 3.05) is 13.7 Å². The quantitative estimate of drug-likeness (QED) is 0.354. The molecule has 0 aromatic heterocycles. The molecule has 0 bridgehead atoms. The Morgan fingerprint density at radius 1 is 1.40 bits per heavy atom. The maximum atomic E-state index is 11.3. The lowest BCUT2D eigenvalue weighted by Gasteiger charge is -2.15. The summed E-state index contributed by atoms with van der Waals surface area (Å²) in [5.74, 6) is -0.285. The highest BCUT2D eigenvalue weighted by molar-refractivity contribution is 5.74. The molecule has 0 aliphatic carbocycles. The molecule has 88 valence electrons. The van der Waals surface area contributed by atoms with Gasteiger partial charge >= 0.3 is 5.97 Å². The van der Waals surface area contributed by atoms with Crippen molar-refractivity contribution in [3.05, 3.63) is 12.2 Å². The first-order chi connectivity index (χ1) is 7.11. The highest BCUT2D eigenvalue weighted by atomic mass is 16.6. The van der Waals surface area contributed by atoms with Gasteiger partial charge < -0.3 is 9.47 Å². The topological polar surface area (TPSA) is 35.5 Å². The maximum Gasteiger partial charge on any atom is 0.334 e. The second-order valence-corrected chi connectivity index (χ2v) is 3.78. The van der Waals surface area contributed by atoms with Crippen LogP contribution in [0.1, 0.15) is 39.5 Å². The van der Waals surface area contributed by atoms with E-state index in [0.717, 1.165) is 31.3 Å². The van der Waals surface area contributed by atoms with E-state index in [1.165, 1.54) is 7.11 Å². The number of hydrogen-bond acceptors (Lipinski definition) is 3. The van der Waals surface area contributed by atoms with Crippen molar-refractivity contribution in [3.63, 3.8) is 0 Å². The zero-order valence-electron chi connectivity index (χ0n) is 10.0. The van der Waals surface area contributed by atoms with Crippen molar-refractivity contribution >= 4 is 5.97 Å². The lowest BCUT2D eigenvalue weighted by atomic mass is 10.1. The van der Waals surface area contributed by atoms with E-state index in [2.05, 4.69) is 18.2 Å². The minimum Gasteiger partial charge on any atom is -0.467 e. The summed E-state index contributed by atoms with van der Waals surface area (Å²) in [7, 11) is 1.39. The van der Waals surface area contributed by atoms with Crippen molar-refractivity contribution in [3.8, 4) is 0 Å². The van der Waals surface area contributed by atoms with E-state index >= 15 is 0 Å². The average molecular weight is 214 g/mol. The number of carbonyl (C=O) groups excluding carboxylic acids is 1. The Bertz CT molecular complexity index is 199. The van der Waals surface area contributed by atoms with Crippen molar-refractivity contribution in [1.82, 2.24) is 0 Å². The van der Waals surface area contributed by atoms with Gasteiger partial charge in [-0.15, -0.1) is 0 Å². The Hall–Kier alpha value is -0.830. The van der Waals surface area contributed by atoms with Crippen LogP contribution >= 0.6 is 0 Å². The molecule has 0 aliphatic heterocycles. The van der Waals surface area contributed by atoms with Crippen LogP contribution in [0.2, 0.25) is 0 Å². The van der Waals surface area contributed by atoms with Gasteiger partial charge in [-0.25, -0.2) is 4.79 Å². The van der Waals surface area contributed by atoms with Crippen LogP contribution < -0.4 is 0 Å². The van der Waals surface area contributed by atoms with E-state index in [4.69, 9.17) is 4.74 Å². The number of ether oxygens (including phenoxy) is 2. The van der Waals surface area contributed by atoms with Crippen LogP contribution in [0.4, 0.5) is 0 Å². The smallest absolute Gasteiger partial charge is 0.334 e. The molecule has 0 fully saturated rings. The molecule has 0 aromatic rings. The van der Waals surface area contributed by atoms with Gasteiger partial charge in [0.15, 0.2) is 6.10 Å². The predicted molar refractivity (Wildman–Crippen MR) is 60.7 cm³/mol. The molecule has 1 atom stereocenters. The summed E-state index contributed by atoms with van der Waals surface area (Å²) < 4.78 is 10.1. The van der Waals surface area contributed by atoms with Gasteiger partial charge in [0, 0.05) is 0 Å². The van der Waals surface area contributed by atoms with Gasteiger partial charge in [-0.05, 0) is 13.3 Å². The van der Waals surface area contributed by atoms with Crippen LogP contribution in [-0.4, -0.2) is 25.8 Å². The third kappa shape index (κ3) is 7.14. The zero-order chi connectivity index (χ0) is 11.7. The minimum atomic E-state index is -0.432. The number of unbranched alkanes of at least 4 members (excludes halogenated alkanes) is 2. The minimum absolute atomic E-state index is 0.285. The van der Waals surface area contributed by atoms with Gasteiger partial charge in [-0.2, -0.15) is 0 Å². The largest absolute Gasteiger partial charge is 0.467 e. The first-order valence-corrected chi connectivity index (χ1v) is 5.45. The molecular weight excluding hydrogens is 192 g/mol. The van der Waals surface area contributed by atoms with E-state index in [1.807, 2.05) is 6.92 Å². The fourth-order valence-corrected chi connectivity index (χ4v) is 1.22. The van der Waals surface area contributed by atoms with E-state index in [9.17, 15) is 4.79 Å². The fraction of sp³-hybridized carbons (Fsp3) is 0.750. The number of carbonyl (C=O) groups is 1. The van der Waals surface area contributed by atoms with Crippen LogP contribution in [0.25, 0.3) is 0 Å². The van der Waals surface area contributed by atoms with Gasteiger partial charge in [0.2, 0.25) is 0 Å². The Labute approximate surface area is 92.5 Å². The van der Waals surface area contributed by atoms with Crippen molar-refractivity contribution in [2.45, 2.75) is 45.6 Å². The average Bonchev–Trinajstić information content (AvgIpc) is 2.21. The van der Waals surface area contributed by atoms with Crippen LogP contribution in [-0.2, 0) is 14.3 Å². The Morgan fingerprint density at radius 2 is 2.07 bits per heavy atom. The highest BCUT2D eigenvalue weighted by Gasteiger charge is 2.18. The second-order valence-electron chi connectivity index (χ2n) is 3.78. The van der Waals surface area contributed by atoms with Gasteiger partial charge in [0.25, 0.3) is 0 Å². The summed E-state index contributed by atoms with van der Waals surface area (Å²) >= 11 is 0. The van der Waals surface area contributed by atoms with Crippen LogP contribution in [0.5, 0.6) is 0 Å². The summed E-state index contributed by atoms with van der Waals surface area (Å²) in [6.07, 6.45) is 3.54. The van der Waals surface area contributed by atoms with Crippen molar-refractivity contribution in [1.29, 1.82) is 0 Å². The first kappa shape index (κ1) is 14.2. The molecule has 3 nitrogen and oxygen atoms in total. The van der Waals surface area contributed by atoms with Crippen LogP contribution in [0.3, 0.4) is 0 Å². The normalized spacial score (nSPS) is 12.2. The maximum absolute atomic E-state index is 11.3. The van der Waals surface area contributed by atoms with Gasteiger partial charge in [0.05, 0.1) is 13.7 Å². The van der Waals surface area contributed by atoms with E-state index in [0.29, 0.717) is 6.61 Å². The van der Waals surface area contributed by atoms with Gasteiger partial charge in [0.1, 0.15) is 0 Å². The molecule has 0 radical (unpaired) electrons. The first-order valence-electron chi connectivity index (χ1n) is 5.45. The lowest BCUT2D eigenvalue weighted by molar-refractivity contribution is -0.154. The van der Waals surface area contributed by atoms with E-state index < -0.39 is 6.10 Å². The van der Waals surface area contributed by atoms with Gasteiger partial charge in [-0.3, -0.25) is 0 Å². The lowest BCUT2D eigenvalue weighted by Crippen LogP contribution is -2.26. The molecule has 1 unspecified atom stereocenters. The Kier molecular flexibility index (Phi) is 8.01. The summed E-state index contributed by atoms with van der Waals surface area (Å²) in [4.78, 5) is 11.3. The summed E-state index contributed by atoms with van der Waals surface area (Å²) in [6, 6.07) is 0. The highest BCUT2D eigenvalue weighted by Crippen LogP contribution is 2.09. The molecule has 0 aliphatic rings. The fourth-order valence-electron chi connectivity index (χ4n) is 1.22. The Balaban J connectivity index is 3.95. The molecule has 0 aromatic carbocycles. The van der Waals surface area contributed by atoms with Crippen molar-refractivity contribution < 1.29 is 14.3 Å². The molecular formula is C12H22O3. The van der Waals surface area contributed by atoms with Gasteiger partial charge in [-0.1, -0.05) is 38.3 Å². The van der Waals surface area contributed by atoms with Crippen LogP contribution in [0, 0.1) is 0 Å². The molecule has 0 saturated carbocycles. The number of hydrogen-bond donors (Lipinski definition) is 0. The Morgan fingerprint density at radius 3 is 2.53 bits per heavy atom. The molecule has 0 heterocycles. The SMILES string of the molecule is C=C(C)COC(CCCCC)C(=O)OC. The number of rotatable bonds is 8. The van der Waals surface area contributed by atoms with E-state index in [-0.39, 0.29) is 5.97 Å². The molecule has 15 heavy (non-hydrogen) atoms. The second kappa shape index (κ2) is 8.48. The summed E-state index contributed by atoms with van der Waals surface area (Å²) in [5.41, 5.74) is 0.916. The summed E-state index contributed by atoms with van der Waals surface area (Å²) in [6.45, 7) is 8.16.